The van der Waals surface area contributed by atoms with Gasteiger partial charge in [-0.05, 0) is 36.6 Å². The largest absolute Gasteiger partial charge is 0.419 e. The first kappa shape index (κ1) is 15.8. The first-order valence-electron chi connectivity index (χ1n) is 7.99. The Morgan fingerprint density at radius 1 is 1.29 bits per heavy atom. The van der Waals surface area contributed by atoms with Gasteiger partial charge in [-0.3, -0.25) is 4.57 Å². The number of aryl methyl sites for hydroxylation is 1. The highest BCUT2D eigenvalue weighted by molar-refractivity contribution is 5.74. The van der Waals surface area contributed by atoms with Gasteiger partial charge in [-0.1, -0.05) is 40.2 Å². The Labute approximate surface area is 126 Å². The van der Waals surface area contributed by atoms with Crippen molar-refractivity contribution in [1.82, 2.24) is 9.88 Å². The van der Waals surface area contributed by atoms with Gasteiger partial charge in [0.2, 0.25) is 0 Å². The van der Waals surface area contributed by atoms with Crippen LogP contribution in [-0.2, 0) is 6.54 Å². The molecule has 0 saturated heterocycles. The maximum Gasteiger partial charge on any atom is 0.419 e. The summed E-state index contributed by atoms with van der Waals surface area (Å²) < 4.78 is 7.13. The highest BCUT2D eigenvalue weighted by atomic mass is 16.4. The normalized spacial score (nSPS) is 14.5. The fraction of sp³-hybridized carbons (Fsp3) is 0.588. The Hall–Kier alpha value is -1.55. The number of nitrogens with zero attached hydrogens (tertiary/aromatic N) is 1. The van der Waals surface area contributed by atoms with Crippen LogP contribution in [0.3, 0.4) is 0 Å². The minimum atomic E-state index is -0.257. The zero-order chi connectivity index (χ0) is 15.4. The SMILES string of the molecule is CCCn1c(=O)oc2cc(C(NCC)C(C)CC)ccc21. The first-order valence-corrected chi connectivity index (χ1v) is 7.99. The van der Waals surface area contributed by atoms with Crippen LogP contribution in [0.2, 0.25) is 0 Å². The summed E-state index contributed by atoms with van der Waals surface area (Å²) in [4.78, 5) is 11.9. The summed E-state index contributed by atoms with van der Waals surface area (Å²) in [5, 5.41) is 3.53. The zero-order valence-electron chi connectivity index (χ0n) is 13.5. The molecule has 0 saturated carbocycles. The molecule has 21 heavy (non-hydrogen) atoms. The second-order valence-electron chi connectivity index (χ2n) is 5.67. The Kier molecular flexibility index (Phi) is 5.23. The van der Waals surface area contributed by atoms with Crippen molar-refractivity contribution in [2.24, 2.45) is 5.92 Å². The average molecular weight is 290 g/mol. The molecular formula is C17H26N2O2. The molecule has 2 rings (SSSR count). The van der Waals surface area contributed by atoms with Crippen molar-refractivity contribution in [3.05, 3.63) is 34.3 Å². The van der Waals surface area contributed by atoms with Crippen LogP contribution in [0.1, 0.15) is 52.1 Å². The van der Waals surface area contributed by atoms with Crippen LogP contribution in [0.4, 0.5) is 0 Å². The van der Waals surface area contributed by atoms with E-state index < -0.39 is 0 Å². The van der Waals surface area contributed by atoms with Gasteiger partial charge < -0.3 is 9.73 Å². The number of oxazole rings is 1. The summed E-state index contributed by atoms with van der Waals surface area (Å²) >= 11 is 0. The molecule has 4 heteroatoms. The van der Waals surface area contributed by atoms with E-state index >= 15 is 0 Å². The lowest BCUT2D eigenvalue weighted by molar-refractivity contribution is 0.384. The molecule has 2 unspecified atom stereocenters. The minimum Gasteiger partial charge on any atom is -0.408 e. The molecule has 1 N–H and O–H groups in total. The standard InChI is InChI=1S/C17H26N2O2/c1-5-10-19-14-9-8-13(11-15(14)21-17(19)20)16(18-7-3)12(4)6-2/h8-9,11-12,16,18H,5-7,10H2,1-4H3. The van der Waals surface area contributed by atoms with E-state index in [4.69, 9.17) is 4.42 Å². The molecule has 4 nitrogen and oxygen atoms in total. The fourth-order valence-corrected chi connectivity index (χ4v) is 2.81. The number of hydrogen-bond acceptors (Lipinski definition) is 3. The van der Waals surface area contributed by atoms with Crippen molar-refractivity contribution in [2.75, 3.05) is 6.54 Å². The van der Waals surface area contributed by atoms with Crippen molar-refractivity contribution in [3.63, 3.8) is 0 Å². The topological polar surface area (TPSA) is 47.2 Å². The van der Waals surface area contributed by atoms with Crippen LogP contribution in [0, 0.1) is 5.92 Å². The number of aromatic nitrogens is 1. The monoisotopic (exact) mass is 290 g/mol. The zero-order valence-corrected chi connectivity index (χ0v) is 13.5. The van der Waals surface area contributed by atoms with Gasteiger partial charge in [0.1, 0.15) is 0 Å². The van der Waals surface area contributed by atoms with Crippen LogP contribution < -0.4 is 11.1 Å². The number of benzene rings is 1. The predicted molar refractivity (Wildman–Crippen MR) is 86.6 cm³/mol. The lowest BCUT2D eigenvalue weighted by atomic mass is 9.92. The third-order valence-corrected chi connectivity index (χ3v) is 4.14. The van der Waals surface area contributed by atoms with Crippen molar-refractivity contribution in [3.8, 4) is 0 Å². The van der Waals surface area contributed by atoms with Gasteiger partial charge in [0.15, 0.2) is 5.58 Å². The number of fused-ring (bicyclic) bond motifs is 1. The molecule has 1 aromatic heterocycles. The molecule has 0 bridgehead atoms. The van der Waals surface area contributed by atoms with Crippen molar-refractivity contribution >= 4 is 11.1 Å². The van der Waals surface area contributed by atoms with Gasteiger partial charge in [-0.2, -0.15) is 0 Å². The third-order valence-electron chi connectivity index (χ3n) is 4.14. The molecular weight excluding hydrogens is 264 g/mol. The molecule has 0 fully saturated rings. The van der Waals surface area contributed by atoms with Gasteiger partial charge >= 0.3 is 5.76 Å². The first-order chi connectivity index (χ1) is 10.1. The van der Waals surface area contributed by atoms with Crippen LogP contribution in [0.5, 0.6) is 0 Å². The number of rotatable bonds is 7. The Balaban J connectivity index is 2.44. The van der Waals surface area contributed by atoms with Gasteiger partial charge in [-0.15, -0.1) is 0 Å². The number of hydrogen-bond donors (Lipinski definition) is 1. The molecule has 0 spiro atoms. The van der Waals surface area contributed by atoms with Gasteiger partial charge in [-0.25, -0.2) is 4.79 Å². The Bertz CT molecular complexity index is 642. The van der Waals surface area contributed by atoms with E-state index in [1.165, 1.54) is 5.56 Å². The lowest BCUT2D eigenvalue weighted by Gasteiger charge is -2.24. The molecule has 1 aromatic carbocycles. The molecule has 2 aromatic rings. The summed E-state index contributed by atoms with van der Waals surface area (Å²) in [6, 6.07) is 6.44. The summed E-state index contributed by atoms with van der Waals surface area (Å²) in [6.07, 6.45) is 2.03. The van der Waals surface area contributed by atoms with Gasteiger partial charge in [0.25, 0.3) is 0 Å². The lowest BCUT2D eigenvalue weighted by Crippen LogP contribution is -2.26. The molecule has 0 radical (unpaired) electrons. The van der Waals surface area contributed by atoms with E-state index in [2.05, 4.69) is 39.1 Å². The van der Waals surface area contributed by atoms with Crippen molar-refractivity contribution in [1.29, 1.82) is 0 Å². The maximum absolute atomic E-state index is 11.9. The highest BCUT2D eigenvalue weighted by Gasteiger charge is 2.18. The smallest absolute Gasteiger partial charge is 0.408 e. The van der Waals surface area contributed by atoms with Crippen molar-refractivity contribution in [2.45, 2.75) is 53.1 Å². The van der Waals surface area contributed by atoms with E-state index in [-0.39, 0.29) is 5.76 Å². The summed E-state index contributed by atoms with van der Waals surface area (Å²) in [5.74, 6) is 0.277. The van der Waals surface area contributed by atoms with Crippen LogP contribution in [0.15, 0.2) is 27.4 Å². The molecule has 0 aliphatic carbocycles. The quantitative estimate of drug-likeness (QED) is 0.845. The summed E-state index contributed by atoms with van der Waals surface area (Å²) in [5.41, 5.74) is 2.78. The van der Waals surface area contributed by atoms with E-state index in [1.807, 2.05) is 12.1 Å². The second-order valence-corrected chi connectivity index (χ2v) is 5.67. The molecule has 116 valence electrons. The Morgan fingerprint density at radius 3 is 2.67 bits per heavy atom. The van der Waals surface area contributed by atoms with Crippen LogP contribution in [-0.4, -0.2) is 11.1 Å². The molecule has 2 atom stereocenters. The predicted octanol–water partition coefficient (Wildman–Crippen LogP) is 3.70. The van der Waals surface area contributed by atoms with E-state index in [1.54, 1.807) is 4.57 Å². The number of nitrogens with one attached hydrogen (secondary N) is 1. The minimum absolute atomic E-state index is 0.257. The fourth-order valence-electron chi connectivity index (χ4n) is 2.81. The average Bonchev–Trinajstić information content (AvgIpc) is 2.79. The van der Waals surface area contributed by atoms with E-state index in [0.29, 0.717) is 24.1 Å². The van der Waals surface area contributed by atoms with Gasteiger partial charge in [0, 0.05) is 12.6 Å². The molecule has 0 amide bonds. The second kappa shape index (κ2) is 6.94. The summed E-state index contributed by atoms with van der Waals surface area (Å²) in [7, 11) is 0. The van der Waals surface area contributed by atoms with Gasteiger partial charge in [0.05, 0.1) is 5.52 Å². The van der Waals surface area contributed by atoms with Crippen LogP contribution >= 0.6 is 0 Å². The molecule has 1 heterocycles. The van der Waals surface area contributed by atoms with Crippen molar-refractivity contribution < 1.29 is 4.42 Å². The molecule has 0 aliphatic rings. The maximum atomic E-state index is 11.9. The summed E-state index contributed by atoms with van der Waals surface area (Å²) in [6.45, 7) is 10.2. The highest BCUT2D eigenvalue weighted by Crippen LogP contribution is 2.27. The molecule has 0 aliphatic heterocycles. The van der Waals surface area contributed by atoms with Crippen LogP contribution in [0.25, 0.3) is 11.1 Å². The van der Waals surface area contributed by atoms with E-state index in [0.717, 1.165) is 24.9 Å². The third kappa shape index (κ3) is 3.21. The Morgan fingerprint density at radius 2 is 2.05 bits per heavy atom. The van der Waals surface area contributed by atoms with E-state index in [9.17, 15) is 4.79 Å².